The van der Waals surface area contributed by atoms with Crippen LogP contribution >= 0.6 is 58.0 Å². The smallest absolute Gasteiger partial charge is 0.174 e. The van der Waals surface area contributed by atoms with E-state index in [1.807, 2.05) is 25.1 Å². The van der Waals surface area contributed by atoms with Gasteiger partial charge in [0.1, 0.15) is 22.9 Å². The molecule has 0 amide bonds. The van der Waals surface area contributed by atoms with E-state index in [1.165, 1.54) is 0 Å². The Kier molecular flexibility index (Phi) is 12.5. The van der Waals surface area contributed by atoms with Crippen LogP contribution in [0.4, 0.5) is 0 Å². The number of aromatic nitrogens is 2. The van der Waals surface area contributed by atoms with Gasteiger partial charge in [0.2, 0.25) is 0 Å². The monoisotopic (exact) mass is 948 g/mol. The molecule has 1 N–H and O–H groups in total. The third-order valence-corrected chi connectivity index (χ3v) is 16.0. The van der Waals surface area contributed by atoms with Gasteiger partial charge in [-0.2, -0.15) is 0 Å². The molecule has 6 saturated carbocycles. The van der Waals surface area contributed by atoms with E-state index in [9.17, 15) is 5.11 Å². The fraction of sp³-hybridized carbons (Fsp3) is 0.617. The molecule has 4 heterocycles. The first-order valence-electron chi connectivity index (χ1n) is 22.3. The van der Waals surface area contributed by atoms with Crippen molar-refractivity contribution in [3.63, 3.8) is 0 Å². The molecule has 2 aliphatic heterocycles. The third kappa shape index (κ3) is 8.29. The van der Waals surface area contributed by atoms with Crippen LogP contribution in [-0.4, -0.2) is 65.1 Å². The fourth-order valence-electron chi connectivity index (χ4n) is 11.5. The van der Waals surface area contributed by atoms with Crippen LogP contribution in [0.5, 0.6) is 0 Å². The first-order valence-corrected chi connectivity index (χ1v) is 24.4. The van der Waals surface area contributed by atoms with Crippen LogP contribution in [-0.2, 0) is 36.2 Å². The van der Waals surface area contributed by atoms with Crippen molar-refractivity contribution in [1.82, 2.24) is 10.3 Å². The minimum atomic E-state index is -0.494. The molecule has 334 valence electrons. The zero-order chi connectivity index (χ0) is 42.8. The van der Waals surface area contributed by atoms with Gasteiger partial charge in [-0.15, -0.1) is 11.6 Å². The largest absolute Gasteiger partial charge is 0.390 e. The van der Waals surface area contributed by atoms with Crippen molar-refractivity contribution in [2.45, 2.75) is 132 Å². The third-order valence-electron chi connectivity index (χ3n) is 14.5. The summed E-state index contributed by atoms with van der Waals surface area (Å²) in [5.41, 5.74) is 4.22. The van der Waals surface area contributed by atoms with Crippen molar-refractivity contribution in [1.29, 1.82) is 0 Å². The number of rotatable bonds is 8. The average Bonchev–Trinajstić information content (AvgIpc) is 4.00. The number of hydrogen-bond donors (Lipinski definition) is 1. The van der Waals surface area contributed by atoms with Gasteiger partial charge in [-0.05, 0) is 108 Å². The Labute approximate surface area is 387 Å². The van der Waals surface area contributed by atoms with Crippen LogP contribution in [0, 0.1) is 23.7 Å². The summed E-state index contributed by atoms with van der Waals surface area (Å²) < 4.78 is 41.5. The highest BCUT2D eigenvalue weighted by Gasteiger charge is 2.61. The topological polar surface area (TPSA) is 118 Å². The molecule has 2 spiro atoms. The van der Waals surface area contributed by atoms with Crippen LogP contribution in [0.15, 0.2) is 45.4 Å². The molecule has 0 radical (unpaired) electrons. The lowest BCUT2D eigenvalue weighted by atomic mass is 9.74. The highest BCUT2D eigenvalue weighted by molar-refractivity contribution is 6.39. The highest BCUT2D eigenvalue weighted by atomic mass is 35.5. The summed E-state index contributed by atoms with van der Waals surface area (Å²) in [6.07, 6.45) is 13.0. The molecule has 8 aliphatic rings. The second kappa shape index (κ2) is 17.7. The number of ether oxygens (including phenoxy) is 5. The molecule has 6 aliphatic carbocycles. The molecule has 2 aromatic carbocycles. The van der Waals surface area contributed by atoms with Crippen LogP contribution in [0.2, 0.25) is 20.1 Å². The van der Waals surface area contributed by atoms with Crippen molar-refractivity contribution >= 4 is 58.0 Å². The molecule has 2 aromatic heterocycles. The first-order chi connectivity index (χ1) is 30.0. The SMILES string of the molecule is CC1(O)C[C@H]2CC[C@@H](C1)C21OCCO1.ClCc1c(-c2c(Cl)cccc2Cl)noc1C1CC1.Clc1cccc(Cl)c1-c1noc(C2CC2)c1COC1C[C@H]2CC[C@@H](C1)C21OCCO1. The Morgan fingerprint density at radius 2 is 1.02 bits per heavy atom. The number of benzene rings is 2. The van der Waals surface area contributed by atoms with Crippen molar-refractivity contribution in [2.75, 3.05) is 26.4 Å². The Hall–Kier alpha value is -1.93. The van der Waals surface area contributed by atoms with Crippen molar-refractivity contribution < 1.29 is 37.8 Å². The lowest BCUT2D eigenvalue weighted by Gasteiger charge is -2.44. The van der Waals surface area contributed by atoms with Crippen LogP contribution < -0.4 is 0 Å². The van der Waals surface area contributed by atoms with Crippen LogP contribution in [0.1, 0.15) is 118 Å². The fourth-order valence-corrected chi connectivity index (χ4v) is 12.9. The van der Waals surface area contributed by atoms with E-state index in [-0.39, 0.29) is 17.7 Å². The predicted molar refractivity (Wildman–Crippen MR) is 237 cm³/mol. The number of alkyl halides is 1. The summed E-state index contributed by atoms with van der Waals surface area (Å²) in [5, 5.41) is 20.8. The summed E-state index contributed by atoms with van der Waals surface area (Å²) in [4.78, 5) is 0. The molecule has 10 nitrogen and oxygen atoms in total. The van der Waals surface area contributed by atoms with Gasteiger partial charge in [0, 0.05) is 57.8 Å². The van der Waals surface area contributed by atoms with Crippen molar-refractivity contribution in [3.8, 4) is 22.5 Å². The number of nitrogens with zero attached hydrogens (tertiary/aromatic N) is 2. The Balaban J connectivity index is 0.000000121. The van der Waals surface area contributed by atoms with E-state index in [0.717, 1.165) is 118 Å². The van der Waals surface area contributed by atoms with Gasteiger partial charge >= 0.3 is 0 Å². The molecular weight excluding hydrogens is 898 g/mol. The zero-order valence-corrected chi connectivity index (χ0v) is 38.6. The predicted octanol–water partition coefficient (Wildman–Crippen LogP) is 12.5. The lowest BCUT2D eigenvalue weighted by molar-refractivity contribution is -0.246. The van der Waals surface area contributed by atoms with E-state index < -0.39 is 5.60 Å². The molecular formula is C47H53Cl5N2O8. The van der Waals surface area contributed by atoms with Gasteiger partial charge in [0.25, 0.3) is 0 Å². The normalized spacial score (nSPS) is 30.1. The minimum absolute atomic E-state index is 0.192. The van der Waals surface area contributed by atoms with E-state index >= 15 is 0 Å². The van der Waals surface area contributed by atoms with Crippen LogP contribution in [0.25, 0.3) is 22.5 Å². The Morgan fingerprint density at radius 3 is 1.45 bits per heavy atom. The van der Waals surface area contributed by atoms with Gasteiger partial charge < -0.3 is 37.8 Å². The highest BCUT2D eigenvalue weighted by Crippen LogP contribution is 2.57. The van der Waals surface area contributed by atoms with Crippen molar-refractivity contribution in [2.24, 2.45) is 23.7 Å². The molecule has 15 heteroatoms. The minimum Gasteiger partial charge on any atom is -0.390 e. The Bertz CT molecular complexity index is 2170. The zero-order valence-electron chi connectivity index (χ0n) is 34.8. The molecule has 62 heavy (non-hydrogen) atoms. The average molecular weight is 951 g/mol. The van der Waals surface area contributed by atoms with Crippen molar-refractivity contribution in [3.05, 3.63) is 79.1 Å². The maximum absolute atomic E-state index is 10.1. The molecule has 12 rings (SSSR count). The second-order valence-corrected chi connectivity index (χ2v) is 20.6. The van der Waals surface area contributed by atoms with Gasteiger partial charge in [0.15, 0.2) is 11.6 Å². The number of hydrogen-bond acceptors (Lipinski definition) is 10. The van der Waals surface area contributed by atoms with Crippen LogP contribution in [0.3, 0.4) is 0 Å². The molecule has 4 aromatic rings. The summed E-state index contributed by atoms with van der Waals surface area (Å²) >= 11 is 31.3. The first kappa shape index (κ1) is 43.9. The quantitative estimate of drug-likeness (QED) is 0.171. The molecule has 4 bridgehead atoms. The molecule has 2 saturated heterocycles. The molecule has 2 unspecified atom stereocenters. The van der Waals surface area contributed by atoms with Gasteiger partial charge in [0.05, 0.1) is 70.7 Å². The van der Waals surface area contributed by atoms with Gasteiger partial charge in [-0.3, -0.25) is 0 Å². The maximum atomic E-state index is 10.1. The molecule has 8 fully saturated rings. The lowest BCUT2D eigenvalue weighted by Crippen LogP contribution is -2.51. The number of aliphatic hydroxyl groups is 1. The second-order valence-electron chi connectivity index (χ2n) is 18.7. The van der Waals surface area contributed by atoms with E-state index in [0.29, 0.717) is 98.2 Å². The van der Waals surface area contributed by atoms with Gasteiger partial charge in [-0.1, -0.05) is 68.8 Å². The summed E-state index contributed by atoms with van der Waals surface area (Å²) in [5.74, 6) is 4.09. The van der Waals surface area contributed by atoms with E-state index in [1.54, 1.807) is 18.2 Å². The number of halogens is 5. The Morgan fingerprint density at radius 1 is 0.613 bits per heavy atom. The molecule has 6 atom stereocenters. The summed E-state index contributed by atoms with van der Waals surface area (Å²) in [6, 6.07) is 10.9. The van der Waals surface area contributed by atoms with E-state index in [2.05, 4.69) is 10.3 Å². The summed E-state index contributed by atoms with van der Waals surface area (Å²) in [6.45, 7) is 5.30. The maximum Gasteiger partial charge on any atom is 0.174 e. The van der Waals surface area contributed by atoms with E-state index in [4.69, 9.17) is 90.7 Å². The van der Waals surface area contributed by atoms with Gasteiger partial charge in [-0.25, -0.2) is 0 Å². The summed E-state index contributed by atoms with van der Waals surface area (Å²) in [7, 11) is 0. The standard InChI is InChI=1S/C23H25Cl2NO4.C13H10Cl3NO.C11H18O3/c24-18-2-1-3-19(25)20(18)21-17(22(30-26-21)13-4-5-13)12-27-16-10-14-6-7-15(11-16)23(14)28-8-9-29-23;14-6-8-12(17-18-13(8)7-4-5-7)11-9(15)2-1-3-10(11)16;1-10(12)6-8-2-3-9(7-10)11(8)13-4-5-14-11/h1-3,13-16H,4-12H2;1-3,7H,4-6H2;8-9,12H,2-7H2,1H3/t14-,15+,16?;;8-,9+,10?.